The van der Waals surface area contributed by atoms with Gasteiger partial charge < -0.3 is 4.74 Å². The Bertz CT molecular complexity index is 982. The van der Waals surface area contributed by atoms with Gasteiger partial charge in [0.25, 0.3) is 0 Å². The molecule has 3 nitrogen and oxygen atoms in total. The number of nitriles is 1. The normalized spacial score (nSPS) is 10.4. The lowest BCUT2D eigenvalue weighted by atomic mass is 9.99. The van der Waals surface area contributed by atoms with Gasteiger partial charge in [-0.25, -0.2) is 4.98 Å². The Morgan fingerprint density at radius 3 is 2.28 bits per heavy atom. The SMILES string of the molecule is COc1nc(-c2ccc(Br)cc2)cc(-c2ccc(Cl)c(Cl)c2)c1C#N. The fraction of sp³-hybridized carbons (Fsp3) is 0.0526. The maximum atomic E-state index is 9.58. The first-order chi connectivity index (χ1) is 12.0. The first-order valence-electron chi connectivity index (χ1n) is 7.24. The van der Waals surface area contributed by atoms with Gasteiger partial charge in [0.1, 0.15) is 11.6 Å². The summed E-state index contributed by atoms with van der Waals surface area (Å²) in [6.45, 7) is 0. The second-order valence-electron chi connectivity index (χ2n) is 5.19. The molecule has 1 aromatic heterocycles. The van der Waals surface area contributed by atoms with Crippen molar-refractivity contribution in [2.24, 2.45) is 0 Å². The van der Waals surface area contributed by atoms with E-state index in [1.54, 1.807) is 12.1 Å². The molecule has 0 unspecified atom stereocenters. The first kappa shape index (κ1) is 17.8. The first-order valence-corrected chi connectivity index (χ1v) is 8.79. The molecule has 25 heavy (non-hydrogen) atoms. The summed E-state index contributed by atoms with van der Waals surface area (Å²) in [7, 11) is 1.49. The van der Waals surface area contributed by atoms with E-state index in [2.05, 4.69) is 27.0 Å². The number of nitrogens with zero attached hydrogens (tertiary/aromatic N) is 2. The third-order valence-electron chi connectivity index (χ3n) is 3.66. The van der Waals surface area contributed by atoms with Crippen molar-refractivity contribution in [3.63, 3.8) is 0 Å². The molecular formula is C19H11BrCl2N2O. The Morgan fingerprint density at radius 2 is 1.68 bits per heavy atom. The zero-order valence-corrected chi connectivity index (χ0v) is 16.2. The molecule has 0 saturated heterocycles. The van der Waals surface area contributed by atoms with Crippen LogP contribution in [-0.2, 0) is 0 Å². The number of benzene rings is 2. The summed E-state index contributed by atoms with van der Waals surface area (Å²) in [6, 6.07) is 17.0. The number of aromatic nitrogens is 1. The van der Waals surface area contributed by atoms with Crippen LogP contribution in [0.2, 0.25) is 10.0 Å². The van der Waals surface area contributed by atoms with E-state index in [1.165, 1.54) is 7.11 Å². The quantitative estimate of drug-likeness (QED) is 0.482. The summed E-state index contributed by atoms with van der Waals surface area (Å²) in [4.78, 5) is 4.47. The number of pyridine rings is 1. The van der Waals surface area contributed by atoms with Crippen molar-refractivity contribution in [1.29, 1.82) is 5.26 Å². The number of hydrogen-bond acceptors (Lipinski definition) is 3. The van der Waals surface area contributed by atoms with E-state index in [4.69, 9.17) is 27.9 Å². The summed E-state index contributed by atoms with van der Waals surface area (Å²) in [5.41, 5.74) is 3.41. The van der Waals surface area contributed by atoms with E-state index in [-0.39, 0.29) is 5.88 Å². The van der Waals surface area contributed by atoms with Gasteiger partial charge in [-0.3, -0.25) is 0 Å². The highest BCUT2D eigenvalue weighted by molar-refractivity contribution is 9.10. The molecule has 0 aliphatic carbocycles. The molecular weight excluding hydrogens is 423 g/mol. The van der Waals surface area contributed by atoms with Gasteiger partial charge in [0.2, 0.25) is 5.88 Å². The lowest BCUT2D eigenvalue weighted by Crippen LogP contribution is -1.97. The summed E-state index contributed by atoms with van der Waals surface area (Å²) in [6.07, 6.45) is 0. The van der Waals surface area contributed by atoms with Gasteiger partial charge >= 0.3 is 0 Å². The molecule has 0 atom stereocenters. The Balaban J connectivity index is 2.25. The molecule has 0 aliphatic heterocycles. The fourth-order valence-corrected chi connectivity index (χ4v) is 3.00. The van der Waals surface area contributed by atoms with Gasteiger partial charge in [0.05, 0.1) is 22.8 Å². The Morgan fingerprint density at radius 1 is 1.00 bits per heavy atom. The number of methoxy groups -OCH3 is 1. The van der Waals surface area contributed by atoms with Gasteiger partial charge in [-0.2, -0.15) is 5.26 Å². The maximum absolute atomic E-state index is 9.58. The third kappa shape index (κ3) is 3.64. The van der Waals surface area contributed by atoms with Crippen LogP contribution in [0.5, 0.6) is 5.88 Å². The van der Waals surface area contributed by atoms with Crippen molar-refractivity contribution < 1.29 is 4.74 Å². The van der Waals surface area contributed by atoms with Crippen LogP contribution in [0.15, 0.2) is 53.0 Å². The van der Waals surface area contributed by atoms with E-state index in [9.17, 15) is 5.26 Å². The second kappa shape index (κ2) is 7.45. The number of rotatable bonds is 3. The van der Waals surface area contributed by atoms with Crippen LogP contribution < -0.4 is 4.74 Å². The van der Waals surface area contributed by atoms with E-state index in [0.717, 1.165) is 15.6 Å². The molecule has 3 aromatic rings. The summed E-state index contributed by atoms with van der Waals surface area (Å²) >= 11 is 15.6. The lowest BCUT2D eigenvalue weighted by molar-refractivity contribution is 0.397. The van der Waals surface area contributed by atoms with Crippen molar-refractivity contribution in [3.8, 4) is 34.3 Å². The lowest BCUT2D eigenvalue weighted by Gasteiger charge is -2.12. The molecule has 0 spiro atoms. The summed E-state index contributed by atoms with van der Waals surface area (Å²) < 4.78 is 6.31. The van der Waals surface area contributed by atoms with Gasteiger partial charge in [-0.15, -0.1) is 0 Å². The highest BCUT2D eigenvalue weighted by Crippen LogP contribution is 2.36. The zero-order chi connectivity index (χ0) is 18.0. The predicted molar refractivity (Wildman–Crippen MR) is 104 cm³/mol. The number of halogens is 3. The van der Waals surface area contributed by atoms with E-state index < -0.39 is 0 Å². The number of hydrogen-bond donors (Lipinski definition) is 0. The topological polar surface area (TPSA) is 45.9 Å². The van der Waals surface area contributed by atoms with E-state index in [1.807, 2.05) is 36.4 Å². The van der Waals surface area contributed by atoms with Crippen molar-refractivity contribution >= 4 is 39.1 Å². The Kier molecular flexibility index (Phi) is 5.29. The van der Waals surface area contributed by atoms with Gasteiger partial charge in [0.15, 0.2) is 0 Å². The molecule has 0 N–H and O–H groups in total. The molecule has 2 aromatic carbocycles. The van der Waals surface area contributed by atoms with Gasteiger partial charge in [-0.05, 0) is 35.9 Å². The molecule has 0 aliphatic rings. The minimum Gasteiger partial charge on any atom is -0.480 e. The Labute approximate surface area is 163 Å². The van der Waals surface area contributed by atoms with Crippen LogP contribution in [0.3, 0.4) is 0 Å². The monoisotopic (exact) mass is 432 g/mol. The molecule has 0 amide bonds. The van der Waals surface area contributed by atoms with Crippen LogP contribution in [0.1, 0.15) is 5.56 Å². The molecule has 6 heteroatoms. The van der Waals surface area contributed by atoms with Gasteiger partial charge in [-0.1, -0.05) is 57.3 Å². The second-order valence-corrected chi connectivity index (χ2v) is 6.92. The highest BCUT2D eigenvalue weighted by Gasteiger charge is 2.16. The van der Waals surface area contributed by atoms with Crippen molar-refractivity contribution in [2.45, 2.75) is 0 Å². The molecule has 0 radical (unpaired) electrons. The van der Waals surface area contributed by atoms with E-state index >= 15 is 0 Å². The number of ether oxygens (including phenoxy) is 1. The highest BCUT2D eigenvalue weighted by atomic mass is 79.9. The smallest absolute Gasteiger partial charge is 0.232 e. The van der Waals surface area contributed by atoms with Crippen LogP contribution in [-0.4, -0.2) is 12.1 Å². The molecule has 3 rings (SSSR count). The summed E-state index contributed by atoms with van der Waals surface area (Å²) in [5, 5.41) is 10.5. The van der Waals surface area contributed by atoms with Crippen molar-refractivity contribution in [1.82, 2.24) is 4.98 Å². The molecule has 124 valence electrons. The standard InChI is InChI=1S/C19H11BrCl2N2O/c1-25-19-15(10-23)14(12-4-7-16(21)17(22)8-12)9-18(24-19)11-2-5-13(20)6-3-11/h2-9H,1H3. The fourth-order valence-electron chi connectivity index (χ4n) is 2.44. The summed E-state index contributed by atoms with van der Waals surface area (Å²) in [5.74, 6) is 0.268. The van der Waals surface area contributed by atoms with E-state index in [0.29, 0.717) is 26.9 Å². The predicted octanol–water partition coefficient (Wildman–Crippen LogP) is 6.37. The van der Waals surface area contributed by atoms with Crippen LogP contribution >= 0.6 is 39.1 Å². The van der Waals surface area contributed by atoms with Crippen molar-refractivity contribution in [3.05, 3.63) is 68.6 Å². The van der Waals surface area contributed by atoms with Gasteiger partial charge in [0, 0.05) is 15.6 Å². The van der Waals surface area contributed by atoms with Crippen LogP contribution in [0.25, 0.3) is 22.4 Å². The van der Waals surface area contributed by atoms with Crippen LogP contribution in [0.4, 0.5) is 0 Å². The molecule has 1 heterocycles. The third-order valence-corrected chi connectivity index (χ3v) is 4.93. The average Bonchev–Trinajstić information content (AvgIpc) is 2.63. The molecule has 0 fully saturated rings. The van der Waals surface area contributed by atoms with Crippen LogP contribution in [0, 0.1) is 11.3 Å². The minimum absolute atomic E-state index is 0.268. The Hall–Kier alpha value is -2.06. The maximum Gasteiger partial charge on any atom is 0.232 e. The minimum atomic E-state index is 0.268. The van der Waals surface area contributed by atoms with Crippen molar-refractivity contribution in [2.75, 3.05) is 7.11 Å². The average molecular weight is 434 g/mol. The largest absolute Gasteiger partial charge is 0.480 e. The zero-order valence-electron chi connectivity index (χ0n) is 13.1. The molecule has 0 saturated carbocycles. The molecule has 0 bridgehead atoms.